The third-order valence-corrected chi connectivity index (χ3v) is 3.42. The van der Waals surface area contributed by atoms with E-state index in [0.717, 1.165) is 24.4 Å². The van der Waals surface area contributed by atoms with Crippen molar-refractivity contribution in [3.8, 4) is 5.06 Å². The van der Waals surface area contributed by atoms with Crippen LogP contribution < -0.4 is 10.1 Å². The molecule has 86 valence electrons. The van der Waals surface area contributed by atoms with Crippen LogP contribution in [0.1, 0.15) is 24.6 Å². The molecule has 0 aliphatic heterocycles. The minimum Gasteiger partial charge on any atom is -0.487 e. The maximum absolute atomic E-state index is 8.85. The second-order valence-electron chi connectivity index (χ2n) is 3.42. The summed E-state index contributed by atoms with van der Waals surface area (Å²) < 4.78 is 5.13. The van der Waals surface area contributed by atoms with Crippen LogP contribution in [-0.2, 0) is 6.54 Å². The van der Waals surface area contributed by atoms with Gasteiger partial charge in [0.1, 0.15) is 0 Å². The number of nitrogens with one attached hydrogen (secondary N) is 1. The van der Waals surface area contributed by atoms with Gasteiger partial charge in [0.05, 0.1) is 7.11 Å². The maximum atomic E-state index is 8.85. The van der Waals surface area contributed by atoms with Crippen molar-refractivity contribution in [2.24, 2.45) is 0 Å². The molecule has 3 nitrogen and oxygen atoms in total. The molecule has 0 spiro atoms. The van der Waals surface area contributed by atoms with Gasteiger partial charge in [0.2, 0.25) is 0 Å². The van der Waals surface area contributed by atoms with E-state index in [-0.39, 0.29) is 6.61 Å². The fourth-order valence-corrected chi connectivity index (χ4v) is 2.18. The molecule has 0 saturated heterocycles. The largest absolute Gasteiger partial charge is 0.487 e. The molecule has 1 rings (SSSR count). The molecule has 0 saturated carbocycles. The third kappa shape index (κ3) is 4.20. The van der Waals surface area contributed by atoms with E-state index in [2.05, 4.69) is 18.3 Å². The minimum atomic E-state index is 0.249. The number of methoxy groups -OCH3 is 1. The topological polar surface area (TPSA) is 41.5 Å². The van der Waals surface area contributed by atoms with Crippen molar-refractivity contribution in [2.45, 2.75) is 32.4 Å². The summed E-state index contributed by atoms with van der Waals surface area (Å²) in [4.78, 5) is 1.27. The second kappa shape index (κ2) is 6.82. The molecular formula is C11H19NO2S. The molecule has 15 heavy (non-hydrogen) atoms. The van der Waals surface area contributed by atoms with E-state index in [4.69, 9.17) is 9.84 Å². The molecule has 1 aromatic rings. The monoisotopic (exact) mass is 229 g/mol. The van der Waals surface area contributed by atoms with Gasteiger partial charge in [0.25, 0.3) is 0 Å². The molecule has 0 amide bonds. The lowest BCUT2D eigenvalue weighted by Crippen LogP contribution is -2.28. The van der Waals surface area contributed by atoms with E-state index < -0.39 is 0 Å². The van der Waals surface area contributed by atoms with Gasteiger partial charge < -0.3 is 15.2 Å². The Morgan fingerprint density at radius 3 is 2.87 bits per heavy atom. The first-order valence-electron chi connectivity index (χ1n) is 5.27. The van der Waals surface area contributed by atoms with Crippen LogP contribution in [0.15, 0.2) is 12.1 Å². The zero-order valence-corrected chi connectivity index (χ0v) is 10.1. The molecule has 2 N–H and O–H groups in total. The summed E-state index contributed by atoms with van der Waals surface area (Å²) in [6, 6.07) is 4.46. The fraction of sp³-hybridized carbons (Fsp3) is 0.636. The van der Waals surface area contributed by atoms with Crippen molar-refractivity contribution in [1.82, 2.24) is 5.32 Å². The summed E-state index contributed by atoms with van der Waals surface area (Å²) in [6.45, 7) is 3.23. The second-order valence-corrected chi connectivity index (χ2v) is 4.55. The molecule has 0 aromatic carbocycles. The summed E-state index contributed by atoms with van der Waals surface area (Å²) >= 11 is 1.66. The van der Waals surface area contributed by atoms with Crippen LogP contribution in [0.2, 0.25) is 0 Å². The quantitative estimate of drug-likeness (QED) is 0.751. The Labute approximate surface area is 95.1 Å². The van der Waals surface area contributed by atoms with Gasteiger partial charge in [-0.3, -0.25) is 0 Å². The molecular weight excluding hydrogens is 210 g/mol. The number of hydrogen-bond acceptors (Lipinski definition) is 4. The van der Waals surface area contributed by atoms with Crippen LogP contribution in [-0.4, -0.2) is 24.9 Å². The molecule has 0 fully saturated rings. The van der Waals surface area contributed by atoms with Crippen molar-refractivity contribution in [1.29, 1.82) is 0 Å². The van der Waals surface area contributed by atoms with Crippen molar-refractivity contribution in [2.75, 3.05) is 13.7 Å². The minimum absolute atomic E-state index is 0.249. The lowest BCUT2D eigenvalue weighted by atomic mass is 10.1. The van der Waals surface area contributed by atoms with E-state index >= 15 is 0 Å². The number of thiophene rings is 1. The number of hydrogen-bond donors (Lipinski definition) is 2. The number of aliphatic hydroxyl groups is 1. The highest BCUT2D eigenvalue weighted by atomic mass is 32.1. The summed E-state index contributed by atoms with van der Waals surface area (Å²) in [6.07, 6.45) is 1.86. The van der Waals surface area contributed by atoms with Crippen LogP contribution in [0.25, 0.3) is 0 Å². The van der Waals surface area contributed by atoms with E-state index in [9.17, 15) is 0 Å². The Hall–Kier alpha value is -0.580. The average molecular weight is 229 g/mol. The van der Waals surface area contributed by atoms with Gasteiger partial charge in [-0.2, -0.15) is 0 Å². The molecule has 1 atom stereocenters. The lowest BCUT2D eigenvalue weighted by molar-refractivity contribution is 0.262. The van der Waals surface area contributed by atoms with Crippen molar-refractivity contribution in [3.63, 3.8) is 0 Å². The highest BCUT2D eigenvalue weighted by molar-refractivity contribution is 7.13. The molecule has 1 unspecified atom stereocenters. The highest BCUT2D eigenvalue weighted by Gasteiger charge is 2.05. The SMILES string of the molecule is CCC(CCO)NCc1ccc(OC)s1. The van der Waals surface area contributed by atoms with Gasteiger partial charge in [-0.15, -0.1) is 11.3 Å². The Kier molecular flexibility index (Phi) is 5.68. The number of rotatable bonds is 7. The maximum Gasteiger partial charge on any atom is 0.173 e. The summed E-state index contributed by atoms with van der Waals surface area (Å²) in [5, 5.41) is 13.2. The first kappa shape index (κ1) is 12.5. The number of ether oxygens (including phenoxy) is 1. The molecule has 4 heteroatoms. The van der Waals surface area contributed by atoms with Gasteiger partial charge in [-0.1, -0.05) is 6.92 Å². The highest BCUT2D eigenvalue weighted by Crippen LogP contribution is 2.23. The Morgan fingerprint density at radius 2 is 2.33 bits per heavy atom. The molecule has 0 bridgehead atoms. The lowest BCUT2D eigenvalue weighted by Gasteiger charge is -2.14. The van der Waals surface area contributed by atoms with Crippen LogP contribution in [0.4, 0.5) is 0 Å². The van der Waals surface area contributed by atoms with E-state index in [1.807, 2.05) is 6.07 Å². The smallest absolute Gasteiger partial charge is 0.173 e. The fourth-order valence-electron chi connectivity index (χ4n) is 1.41. The summed E-state index contributed by atoms with van der Waals surface area (Å²) in [5.74, 6) is 0. The predicted octanol–water partition coefficient (Wildman–Crippen LogP) is 2.01. The first-order valence-corrected chi connectivity index (χ1v) is 6.08. The zero-order chi connectivity index (χ0) is 11.1. The standard InChI is InChI=1S/C11H19NO2S/c1-3-9(6-7-13)12-8-10-4-5-11(14-2)15-10/h4-5,9,12-13H,3,6-8H2,1-2H3. The average Bonchev–Trinajstić information content (AvgIpc) is 2.72. The zero-order valence-electron chi connectivity index (χ0n) is 9.32. The third-order valence-electron chi connectivity index (χ3n) is 2.37. The van der Waals surface area contributed by atoms with Gasteiger partial charge in [-0.05, 0) is 25.0 Å². The Bertz CT molecular complexity index is 275. The van der Waals surface area contributed by atoms with Gasteiger partial charge in [0.15, 0.2) is 5.06 Å². The van der Waals surface area contributed by atoms with Gasteiger partial charge >= 0.3 is 0 Å². The normalized spacial score (nSPS) is 12.7. The van der Waals surface area contributed by atoms with Crippen molar-refractivity contribution >= 4 is 11.3 Å². The molecule has 1 aromatic heterocycles. The van der Waals surface area contributed by atoms with Crippen LogP contribution >= 0.6 is 11.3 Å². The first-order chi connectivity index (χ1) is 7.30. The molecule has 0 aliphatic carbocycles. The van der Waals surface area contributed by atoms with E-state index in [0.29, 0.717) is 6.04 Å². The van der Waals surface area contributed by atoms with Crippen molar-refractivity contribution < 1.29 is 9.84 Å². The van der Waals surface area contributed by atoms with Crippen LogP contribution in [0.3, 0.4) is 0 Å². The molecule has 1 heterocycles. The summed E-state index contributed by atoms with van der Waals surface area (Å²) in [5.41, 5.74) is 0. The van der Waals surface area contributed by atoms with Crippen LogP contribution in [0, 0.1) is 0 Å². The van der Waals surface area contributed by atoms with E-state index in [1.54, 1.807) is 18.4 Å². The van der Waals surface area contributed by atoms with E-state index in [1.165, 1.54) is 4.88 Å². The Morgan fingerprint density at radius 1 is 1.53 bits per heavy atom. The Balaban J connectivity index is 2.34. The molecule has 0 radical (unpaired) electrons. The summed E-state index contributed by atoms with van der Waals surface area (Å²) in [7, 11) is 1.68. The van der Waals surface area contributed by atoms with Gasteiger partial charge in [-0.25, -0.2) is 0 Å². The number of aliphatic hydroxyl groups excluding tert-OH is 1. The van der Waals surface area contributed by atoms with Gasteiger partial charge in [0, 0.05) is 24.1 Å². The predicted molar refractivity (Wildman–Crippen MR) is 63.5 cm³/mol. The van der Waals surface area contributed by atoms with Crippen molar-refractivity contribution in [3.05, 3.63) is 17.0 Å². The molecule has 0 aliphatic rings. The van der Waals surface area contributed by atoms with Crippen LogP contribution in [0.5, 0.6) is 5.06 Å².